The van der Waals surface area contributed by atoms with Crippen LogP contribution in [0.1, 0.15) is 64.4 Å². The van der Waals surface area contributed by atoms with Gasteiger partial charge in [-0.1, -0.05) is 55.8 Å². The number of hydrogen-bond donors (Lipinski definition) is 1. The van der Waals surface area contributed by atoms with Crippen LogP contribution < -0.4 is 0 Å². The third-order valence-electron chi connectivity index (χ3n) is 8.86. The molecule has 1 aromatic carbocycles. The Hall–Kier alpha value is -1.67. The molecule has 3 saturated carbocycles. The molecule has 0 unspecified atom stereocenters. The zero-order valence-corrected chi connectivity index (χ0v) is 17.2. The topological polar surface area (TPSA) is 37.3 Å². The minimum atomic E-state index is -0.183. The minimum absolute atomic E-state index is 0.154. The van der Waals surface area contributed by atoms with Gasteiger partial charge in [0.1, 0.15) is 0 Å². The Labute approximate surface area is 168 Å². The van der Waals surface area contributed by atoms with Gasteiger partial charge in [0.05, 0.1) is 6.10 Å². The Balaban J connectivity index is 1.48. The second-order valence-corrected chi connectivity index (χ2v) is 10.2. The Morgan fingerprint density at radius 1 is 1.00 bits per heavy atom. The molecular weight excluding hydrogens is 344 g/mol. The third kappa shape index (κ3) is 2.60. The van der Waals surface area contributed by atoms with Gasteiger partial charge >= 0.3 is 0 Å². The van der Waals surface area contributed by atoms with E-state index in [0.717, 1.165) is 56.1 Å². The number of carbonyl (C=O) groups is 1. The molecule has 3 fully saturated rings. The van der Waals surface area contributed by atoms with E-state index in [4.69, 9.17) is 0 Å². The number of aliphatic hydroxyl groups excluding tert-OH is 1. The maximum atomic E-state index is 13.4. The average Bonchev–Trinajstić information content (AvgIpc) is 2.94. The number of aliphatic hydroxyl groups is 1. The highest BCUT2D eigenvalue weighted by Crippen LogP contribution is 2.64. The highest BCUT2D eigenvalue weighted by Gasteiger charge is 2.59. The lowest BCUT2D eigenvalue weighted by molar-refractivity contribution is -0.130. The molecule has 0 amide bonds. The van der Waals surface area contributed by atoms with E-state index in [-0.39, 0.29) is 16.9 Å². The molecule has 28 heavy (non-hydrogen) atoms. The van der Waals surface area contributed by atoms with Crippen molar-refractivity contribution in [1.82, 2.24) is 0 Å². The summed E-state index contributed by atoms with van der Waals surface area (Å²) in [5.41, 5.74) is 3.73. The van der Waals surface area contributed by atoms with Crippen molar-refractivity contribution in [3.05, 3.63) is 53.1 Å². The number of Topliss-reactive ketones (excluding diaryl/α,β-unsaturated/α-hetero) is 1. The van der Waals surface area contributed by atoms with Crippen LogP contribution in [-0.4, -0.2) is 17.0 Å². The van der Waals surface area contributed by atoms with Gasteiger partial charge in [0, 0.05) is 5.41 Å². The van der Waals surface area contributed by atoms with Crippen molar-refractivity contribution in [3.63, 3.8) is 0 Å². The SMILES string of the molecule is C[C@]12CC[C@H](O)CC1=CC[C@@H]1[C@H]2CC[C@]2(C)C(=O)C(=Cc3ccccc3)C[C@H]12. The third-order valence-corrected chi connectivity index (χ3v) is 8.86. The van der Waals surface area contributed by atoms with Crippen molar-refractivity contribution in [3.8, 4) is 0 Å². The van der Waals surface area contributed by atoms with Crippen molar-refractivity contribution in [2.45, 2.75) is 64.9 Å². The lowest BCUT2D eigenvalue weighted by Gasteiger charge is -2.56. The van der Waals surface area contributed by atoms with Crippen LogP contribution in [0.4, 0.5) is 0 Å². The molecule has 1 aromatic rings. The fourth-order valence-corrected chi connectivity index (χ4v) is 7.19. The Morgan fingerprint density at radius 3 is 2.54 bits per heavy atom. The molecule has 6 atom stereocenters. The van der Waals surface area contributed by atoms with Crippen molar-refractivity contribution in [2.75, 3.05) is 0 Å². The molecular formula is C26H32O2. The van der Waals surface area contributed by atoms with E-state index in [0.29, 0.717) is 23.5 Å². The summed E-state index contributed by atoms with van der Waals surface area (Å²) in [4.78, 5) is 13.4. The van der Waals surface area contributed by atoms with Crippen molar-refractivity contribution < 1.29 is 9.90 Å². The molecule has 5 rings (SSSR count). The van der Waals surface area contributed by atoms with E-state index < -0.39 is 0 Å². The number of hydrogen-bond acceptors (Lipinski definition) is 2. The van der Waals surface area contributed by atoms with Gasteiger partial charge in [0.15, 0.2) is 5.78 Å². The number of carbonyl (C=O) groups excluding carboxylic acids is 1. The summed E-state index contributed by atoms with van der Waals surface area (Å²) in [6.07, 6.45) is 11.5. The zero-order valence-electron chi connectivity index (χ0n) is 17.2. The maximum absolute atomic E-state index is 13.4. The molecule has 0 saturated heterocycles. The molecule has 0 aliphatic heterocycles. The second-order valence-electron chi connectivity index (χ2n) is 10.2. The predicted octanol–water partition coefficient (Wildman–Crippen LogP) is 5.57. The van der Waals surface area contributed by atoms with E-state index >= 15 is 0 Å². The van der Waals surface area contributed by atoms with E-state index in [2.05, 4.69) is 38.1 Å². The normalized spacial score (nSPS) is 43.9. The van der Waals surface area contributed by atoms with Gasteiger partial charge < -0.3 is 5.11 Å². The molecule has 4 aliphatic carbocycles. The van der Waals surface area contributed by atoms with Crippen molar-refractivity contribution in [1.29, 1.82) is 0 Å². The first-order chi connectivity index (χ1) is 13.4. The molecule has 2 nitrogen and oxygen atoms in total. The van der Waals surface area contributed by atoms with Crippen LogP contribution in [0.15, 0.2) is 47.6 Å². The molecule has 0 spiro atoms. The Morgan fingerprint density at radius 2 is 1.75 bits per heavy atom. The van der Waals surface area contributed by atoms with Crippen LogP contribution in [0, 0.1) is 28.6 Å². The summed E-state index contributed by atoms with van der Waals surface area (Å²) in [5.74, 6) is 2.14. The predicted molar refractivity (Wildman–Crippen MR) is 113 cm³/mol. The van der Waals surface area contributed by atoms with Crippen LogP contribution in [0.2, 0.25) is 0 Å². The van der Waals surface area contributed by atoms with Gasteiger partial charge in [-0.3, -0.25) is 4.79 Å². The second kappa shape index (κ2) is 6.42. The standard InChI is InChI=1S/C26H32O2/c1-25-12-10-20(27)16-19(25)8-9-21-22(25)11-13-26(2)23(21)15-18(24(26)28)14-17-6-4-3-5-7-17/h3-8,14,20-23,27H,9-13,15-16H2,1-2H3/t20-,21+,22+,23+,25-,26-/m0/s1. The van der Waals surface area contributed by atoms with Gasteiger partial charge in [0.25, 0.3) is 0 Å². The largest absolute Gasteiger partial charge is 0.393 e. The van der Waals surface area contributed by atoms with E-state index in [9.17, 15) is 9.90 Å². The van der Waals surface area contributed by atoms with Crippen LogP contribution in [0.3, 0.4) is 0 Å². The highest BCUT2D eigenvalue weighted by molar-refractivity contribution is 6.05. The van der Waals surface area contributed by atoms with Crippen LogP contribution in [0.25, 0.3) is 6.08 Å². The van der Waals surface area contributed by atoms with Gasteiger partial charge in [-0.15, -0.1) is 0 Å². The molecule has 4 aliphatic rings. The molecule has 0 heterocycles. The monoisotopic (exact) mass is 376 g/mol. The zero-order chi connectivity index (χ0) is 19.5. The van der Waals surface area contributed by atoms with Gasteiger partial charge in [-0.2, -0.15) is 0 Å². The van der Waals surface area contributed by atoms with Crippen LogP contribution in [-0.2, 0) is 4.79 Å². The lowest BCUT2D eigenvalue weighted by Crippen LogP contribution is -2.50. The van der Waals surface area contributed by atoms with Gasteiger partial charge in [-0.25, -0.2) is 0 Å². The first-order valence-electron chi connectivity index (χ1n) is 11.1. The molecule has 0 aromatic heterocycles. The molecule has 1 N–H and O–H groups in total. The fraction of sp³-hybridized carbons (Fsp3) is 0.577. The van der Waals surface area contributed by atoms with E-state index in [1.807, 2.05) is 18.2 Å². The fourth-order valence-electron chi connectivity index (χ4n) is 7.19. The van der Waals surface area contributed by atoms with E-state index in [1.54, 1.807) is 0 Å². The highest BCUT2D eigenvalue weighted by atomic mass is 16.3. The first kappa shape index (κ1) is 18.4. The smallest absolute Gasteiger partial charge is 0.165 e. The van der Waals surface area contributed by atoms with Crippen LogP contribution >= 0.6 is 0 Å². The maximum Gasteiger partial charge on any atom is 0.165 e. The minimum Gasteiger partial charge on any atom is -0.393 e. The summed E-state index contributed by atoms with van der Waals surface area (Å²) in [6, 6.07) is 10.3. The van der Waals surface area contributed by atoms with E-state index in [1.165, 1.54) is 5.57 Å². The average molecular weight is 377 g/mol. The number of allylic oxidation sites excluding steroid dienone is 2. The summed E-state index contributed by atoms with van der Waals surface area (Å²) < 4.78 is 0. The van der Waals surface area contributed by atoms with Crippen molar-refractivity contribution >= 4 is 11.9 Å². The molecule has 0 radical (unpaired) electrons. The molecule has 148 valence electrons. The Bertz CT molecular complexity index is 850. The quantitative estimate of drug-likeness (QED) is 0.514. The van der Waals surface area contributed by atoms with Crippen molar-refractivity contribution in [2.24, 2.45) is 28.6 Å². The lowest BCUT2D eigenvalue weighted by atomic mass is 9.48. The van der Waals surface area contributed by atoms with Crippen LogP contribution in [0.5, 0.6) is 0 Å². The van der Waals surface area contributed by atoms with Gasteiger partial charge in [-0.05, 0) is 85.3 Å². The number of benzene rings is 1. The number of rotatable bonds is 1. The summed E-state index contributed by atoms with van der Waals surface area (Å²) in [7, 11) is 0. The first-order valence-corrected chi connectivity index (χ1v) is 11.1. The summed E-state index contributed by atoms with van der Waals surface area (Å²) >= 11 is 0. The van der Waals surface area contributed by atoms with Gasteiger partial charge in [0.2, 0.25) is 0 Å². The molecule has 2 heteroatoms. The number of fused-ring (bicyclic) bond motifs is 5. The summed E-state index contributed by atoms with van der Waals surface area (Å²) in [5, 5.41) is 10.2. The Kier molecular flexibility index (Phi) is 4.21. The summed E-state index contributed by atoms with van der Waals surface area (Å²) in [6.45, 7) is 4.69. The number of ketones is 1. The molecule has 0 bridgehead atoms.